The van der Waals surface area contributed by atoms with E-state index in [2.05, 4.69) is 50.9 Å². The van der Waals surface area contributed by atoms with Gasteiger partial charge in [-0.1, -0.05) is 32.6 Å². The molecule has 0 aliphatic carbocycles. The molecule has 0 radical (unpaired) electrons. The van der Waals surface area contributed by atoms with E-state index in [0.717, 1.165) is 25.4 Å². The van der Waals surface area contributed by atoms with Crippen LogP contribution in [0, 0.1) is 6.92 Å². The highest BCUT2D eigenvalue weighted by Gasteiger charge is 2.04. The van der Waals surface area contributed by atoms with Gasteiger partial charge >= 0.3 is 0 Å². The molecule has 0 spiro atoms. The Bertz CT molecular complexity index is 402. The zero-order valence-electron chi connectivity index (χ0n) is 13.0. The molecular formula is C17H28NO2+. The van der Waals surface area contributed by atoms with Gasteiger partial charge in [0.1, 0.15) is 12.4 Å². The van der Waals surface area contributed by atoms with Crippen LogP contribution in [0.2, 0.25) is 0 Å². The lowest BCUT2D eigenvalue weighted by Crippen LogP contribution is -2.84. The average molecular weight is 278 g/mol. The summed E-state index contributed by atoms with van der Waals surface area (Å²) in [6, 6.07) is 6.42. The van der Waals surface area contributed by atoms with Gasteiger partial charge in [-0.2, -0.15) is 0 Å². The molecule has 0 amide bonds. The molecule has 20 heavy (non-hydrogen) atoms. The molecule has 3 nitrogen and oxygen atoms in total. The van der Waals surface area contributed by atoms with E-state index >= 15 is 0 Å². The lowest BCUT2D eigenvalue weighted by Gasteiger charge is -2.12. The van der Waals surface area contributed by atoms with E-state index < -0.39 is 0 Å². The fourth-order valence-electron chi connectivity index (χ4n) is 1.85. The van der Waals surface area contributed by atoms with Crippen molar-refractivity contribution in [3.63, 3.8) is 0 Å². The Balaban J connectivity index is 2.24. The minimum absolute atomic E-state index is 0.523. The summed E-state index contributed by atoms with van der Waals surface area (Å²) in [7, 11) is 0. The van der Waals surface area contributed by atoms with Crippen molar-refractivity contribution in [2.75, 3.05) is 32.9 Å². The first-order chi connectivity index (χ1) is 9.65. The molecule has 0 unspecified atom stereocenters. The maximum absolute atomic E-state index is 5.80. The third kappa shape index (κ3) is 6.22. The van der Waals surface area contributed by atoms with Gasteiger partial charge in [-0.25, -0.2) is 0 Å². The molecule has 0 bridgehead atoms. The van der Waals surface area contributed by atoms with Crippen LogP contribution in [0.4, 0.5) is 0 Å². The summed E-state index contributed by atoms with van der Waals surface area (Å²) in [5.74, 6) is 1.49. The second-order valence-corrected chi connectivity index (χ2v) is 5.24. The van der Waals surface area contributed by atoms with Gasteiger partial charge in [0.25, 0.3) is 0 Å². The topological polar surface area (TPSA) is 35.1 Å². The summed E-state index contributed by atoms with van der Waals surface area (Å²) in [6.07, 6.45) is 1.90. The zero-order chi connectivity index (χ0) is 14.8. The zero-order valence-corrected chi connectivity index (χ0v) is 13.0. The van der Waals surface area contributed by atoms with Crippen LogP contribution in [-0.4, -0.2) is 32.9 Å². The number of rotatable bonds is 10. The second-order valence-electron chi connectivity index (χ2n) is 5.24. The summed E-state index contributed by atoms with van der Waals surface area (Å²) < 4.78 is 11.3. The van der Waals surface area contributed by atoms with Crippen LogP contribution in [0.3, 0.4) is 0 Å². The molecule has 0 fully saturated rings. The molecule has 0 aromatic heterocycles. The lowest BCUT2D eigenvalue weighted by molar-refractivity contribution is -0.647. The molecule has 1 aromatic carbocycles. The van der Waals surface area contributed by atoms with Crippen molar-refractivity contribution in [3.05, 3.63) is 42.0 Å². The molecule has 2 N–H and O–H groups in total. The fourth-order valence-corrected chi connectivity index (χ4v) is 1.85. The molecular weight excluding hydrogens is 250 g/mol. The maximum atomic E-state index is 5.80. The van der Waals surface area contributed by atoms with Crippen molar-refractivity contribution in [2.45, 2.75) is 26.7 Å². The normalized spacial score (nSPS) is 10.8. The highest BCUT2D eigenvalue weighted by atomic mass is 16.5. The lowest BCUT2D eigenvalue weighted by atomic mass is 10.0. The Kier molecular flexibility index (Phi) is 8.00. The molecule has 1 rings (SSSR count). The predicted molar refractivity (Wildman–Crippen MR) is 83.4 cm³/mol. The third-order valence-corrected chi connectivity index (χ3v) is 3.16. The van der Waals surface area contributed by atoms with Crippen molar-refractivity contribution in [3.8, 4) is 5.75 Å². The van der Waals surface area contributed by atoms with Crippen molar-refractivity contribution >= 4 is 0 Å². The van der Waals surface area contributed by atoms with Gasteiger partial charge in [-0.15, -0.1) is 0 Å². The maximum Gasteiger partial charge on any atom is 0.122 e. The standard InChI is InChI=1S/C17H27NO2/c1-5-8-18-9-10-19-11-12-20-17-13-16(14(2)3)7-6-15(17)4/h5-7,13-14,18H,1,8-12H2,2-4H3/p+1. The number of hydrogen-bond donors (Lipinski definition) is 1. The summed E-state index contributed by atoms with van der Waals surface area (Å²) in [6.45, 7) is 14.0. The monoisotopic (exact) mass is 278 g/mol. The minimum atomic E-state index is 0.523. The first-order valence-corrected chi connectivity index (χ1v) is 7.38. The highest BCUT2D eigenvalue weighted by Crippen LogP contribution is 2.24. The molecule has 0 aliphatic rings. The van der Waals surface area contributed by atoms with E-state index in [1.807, 2.05) is 6.08 Å². The molecule has 0 aliphatic heterocycles. The van der Waals surface area contributed by atoms with Crippen LogP contribution in [0.25, 0.3) is 0 Å². The number of quaternary nitrogens is 1. The number of nitrogens with two attached hydrogens (primary N) is 1. The smallest absolute Gasteiger partial charge is 0.122 e. The van der Waals surface area contributed by atoms with Gasteiger partial charge < -0.3 is 14.8 Å². The molecule has 3 heteroatoms. The first-order valence-electron chi connectivity index (χ1n) is 7.38. The quantitative estimate of drug-likeness (QED) is 0.526. The summed E-state index contributed by atoms with van der Waals surface area (Å²) in [5, 5.41) is 2.17. The number of aryl methyl sites for hydroxylation is 1. The third-order valence-electron chi connectivity index (χ3n) is 3.16. The Hall–Kier alpha value is -1.32. The largest absolute Gasteiger partial charge is 0.491 e. The number of ether oxygens (including phenoxy) is 2. The Morgan fingerprint density at radius 3 is 2.75 bits per heavy atom. The van der Waals surface area contributed by atoms with Crippen LogP contribution in [0.15, 0.2) is 30.9 Å². The molecule has 0 saturated heterocycles. The van der Waals surface area contributed by atoms with Gasteiger partial charge in [0.2, 0.25) is 0 Å². The van der Waals surface area contributed by atoms with Crippen LogP contribution in [0.1, 0.15) is 30.9 Å². The highest BCUT2D eigenvalue weighted by molar-refractivity contribution is 5.37. The molecule has 1 aromatic rings. The first kappa shape index (κ1) is 16.7. The second kappa shape index (κ2) is 9.56. The summed E-state index contributed by atoms with van der Waals surface area (Å²) in [4.78, 5) is 0. The molecule has 0 atom stereocenters. The average Bonchev–Trinajstić information content (AvgIpc) is 2.43. The van der Waals surface area contributed by atoms with Gasteiger partial charge in [0.05, 0.1) is 26.3 Å². The van der Waals surface area contributed by atoms with E-state index in [9.17, 15) is 0 Å². The van der Waals surface area contributed by atoms with Crippen molar-refractivity contribution in [1.82, 2.24) is 0 Å². The van der Waals surface area contributed by atoms with E-state index in [1.54, 1.807) is 0 Å². The Morgan fingerprint density at radius 2 is 2.05 bits per heavy atom. The van der Waals surface area contributed by atoms with Crippen LogP contribution < -0.4 is 10.1 Å². The predicted octanol–water partition coefficient (Wildman–Crippen LogP) is 2.26. The Labute approximate surface area is 123 Å². The summed E-state index contributed by atoms with van der Waals surface area (Å²) >= 11 is 0. The van der Waals surface area contributed by atoms with Gasteiger partial charge in [0, 0.05) is 0 Å². The van der Waals surface area contributed by atoms with E-state index in [-0.39, 0.29) is 0 Å². The van der Waals surface area contributed by atoms with Gasteiger partial charge in [-0.05, 0) is 36.1 Å². The minimum Gasteiger partial charge on any atom is -0.491 e. The van der Waals surface area contributed by atoms with Gasteiger partial charge in [-0.3, -0.25) is 0 Å². The van der Waals surface area contributed by atoms with E-state index in [1.165, 1.54) is 11.1 Å². The Morgan fingerprint density at radius 1 is 1.25 bits per heavy atom. The number of benzene rings is 1. The fraction of sp³-hybridized carbons (Fsp3) is 0.529. The molecule has 0 saturated carbocycles. The SMILES string of the molecule is C=CC[NH2+]CCOCCOc1cc(C(C)C)ccc1C. The van der Waals surface area contributed by atoms with Gasteiger partial charge in [0.15, 0.2) is 0 Å². The summed E-state index contributed by atoms with van der Waals surface area (Å²) in [5.41, 5.74) is 2.49. The van der Waals surface area contributed by atoms with Crippen molar-refractivity contribution < 1.29 is 14.8 Å². The van der Waals surface area contributed by atoms with Crippen LogP contribution >= 0.6 is 0 Å². The molecule has 112 valence electrons. The van der Waals surface area contributed by atoms with Crippen molar-refractivity contribution in [1.29, 1.82) is 0 Å². The van der Waals surface area contributed by atoms with E-state index in [0.29, 0.717) is 19.1 Å². The number of hydrogen-bond acceptors (Lipinski definition) is 2. The van der Waals surface area contributed by atoms with Crippen LogP contribution in [0.5, 0.6) is 5.75 Å². The van der Waals surface area contributed by atoms with Crippen LogP contribution in [-0.2, 0) is 4.74 Å². The van der Waals surface area contributed by atoms with E-state index in [4.69, 9.17) is 9.47 Å². The molecule has 0 heterocycles. The van der Waals surface area contributed by atoms with Crippen molar-refractivity contribution in [2.24, 2.45) is 0 Å².